The molecular weight excluding hydrogens is 331 g/mol. The van der Waals surface area contributed by atoms with Crippen LogP contribution >= 0.6 is 7.14 Å². The highest BCUT2D eigenvalue weighted by molar-refractivity contribution is 7.82. The van der Waals surface area contributed by atoms with Crippen LogP contribution in [0.1, 0.15) is 19.8 Å². The fourth-order valence-electron chi connectivity index (χ4n) is 3.47. The van der Waals surface area contributed by atoms with Gasteiger partial charge in [0, 0.05) is 42.1 Å². The molecule has 0 N–H and O–H groups in total. The molecule has 2 aromatic rings. The van der Waals surface area contributed by atoms with E-state index in [1.54, 1.807) is 10.0 Å². The number of hydrazine groups is 1. The van der Waals surface area contributed by atoms with Crippen LogP contribution < -0.4 is 10.6 Å². The highest BCUT2D eigenvalue weighted by Crippen LogP contribution is 2.56. The molecule has 1 aliphatic heterocycles. The Labute approximate surface area is 149 Å². The lowest BCUT2D eigenvalue weighted by molar-refractivity contribution is -0.141. The van der Waals surface area contributed by atoms with Crippen molar-refractivity contribution >= 4 is 23.7 Å². The summed E-state index contributed by atoms with van der Waals surface area (Å²) in [6.07, 6.45) is 0.893. The van der Waals surface area contributed by atoms with Crippen molar-refractivity contribution in [3.63, 3.8) is 0 Å². The highest BCUT2D eigenvalue weighted by Gasteiger charge is 2.38. The Morgan fingerprint density at radius 1 is 0.880 bits per heavy atom. The summed E-state index contributed by atoms with van der Waals surface area (Å²) in [5.41, 5.74) is 0.775. The molecule has 130 valence electrons. The predicted octanol–water partition coefficient (Wildman–Crippen LogP) is 3.33. The van der Waals surface area contributed by atoms with E-state index in [9.17, 15) is 9.36 Å². The number of benzene rings is 2. The molecule has 0 fully saturated rings. The number of hydrogen-bond donors (Lipinski definition) is 0. The van der Waals surface area contributed by atoms with Gasteiger partial charge in [0.15, 0.2) is 7.14 Å². The normalized spacial score (nSPS) is 15.8. The van der Waals surface area contributed by atoms with E-state index in [4.69, 9.17) is 0 Å². The van der Waals surface area contributed by atoms with Gasteiger partial charge in [-0.25, -0.2) is 10.0 Å². The molecule has 1 heterocycles. The van der Waals surface area contributed by atoms with Crippen LogP contribution in [0.15, 0.2) is 71.7 Å². The molecule has 0 bridgehead atoms. The predicted molar refractivity (Wildman–Crippen MR) is 102 cm³/mol. The number of hydrogen-bond acceptors (Lipinski definition) is 3. The Hall–Kier alpha value is -2.16. The summed E-state index contributed by atoms with van der Waals surface area (Å²) in [5, 5.41) is 5.87. The largest absolute Gasteiger partial charge is 0.309 e. The van der Waals surface area contributed by atoms with Gasteiger partial charge >= 0.3 is 0 Å². The molecule has 1 amide bonds. The quantitative estimate of drug-likeness (QED) is 0.791. The zero-order valence-corrected chi connectivity index (χ0v) is 15.7. The summed E-state index contributed by atoms with van der Waals surface area (Å²) in [6, 6.07) is 19.2. The third-order valence-corrected chi connectivity index (χ3v) is 7.93. The van der Waals surface area contributed by atoms with Gasteiger partial charge < -0.3 is 4.57 Å². The van der Waals surface area contributed by atoms with Crippen molar-refractivity contribution in [3.8, 4) is 0 Å². The van der Waals surface area contributed by atoms with E-state index in [0.717, 1.165) is 21.6 Å². The molecule has 0 atom stereocenters. The molecule has 5 heteroatoms. The maximum absolute atomic E-state index is 14.4. The van der Waals surface area contributed by atoms with Crippen LogP contribution in [0.25, 0.3) is 0 Å². The van der Waals surface area contributed by atoms with Crippen LogP contribution in [0.3, 0.4) is 0 Å². The van der Waals surface area contributed by atoms with Crippen molar-refractivity contribution in [1.82, 2.24) is 10.0 Å². The molecule has 0 spiro atoms. The lowest BCUT2D eigenvalue weighted by atomic mass is 10.2. The van der Waals surface area contributed by atoms with Gasteiger partial charge in [-0.05, 0) is 13.3 Å². The summed E-state index contributed by atoms with van der Waals surface area (Å²) in [4.78, 5) is 12.4. The van der Waals surface area contributed by atoms with Gasteiger partial charge in [0.05, 0.1) is 0 Å². The average molecular weight is 354 g/mol. The van der Waals surface area contributed by atoms with Crippen LogP contribution in [0.4, 0.5) is 0 Å². The van der Waals surface area contributed by atoms with Gasteiger partial charge in [-0.2, -0.15) is 0 Å². The lowest BCUT2D eigenvalue weighted by Gasteiger charge is -2.37. The number of nitrogens with zero attached hydrogens (tertiary/aromatic N) is 2. The SMILES string of the molecule is CC1=C(P(=O)(c2ccccc2)c2ccccc2)CCC(=O)N1N(C)C. The van der Waals surface area contributed by atoms with E-state index in [-0.39, 0.29) is 5.91 Å². The van der Waals surface area contributed by atoms with E-state index in [1.807, 2.05) is 81.7 Å². The first-order chi connectivity index (χ1) is 12.0. The fourth-order valence-corrected chi connectivity index (χ4v) is 6.55. The molecule has 25 heavy (non-hydrogen) atoms. The van der Waals surface area contributed by atoms with E-state index in [2.05, 4.69) is 0 Å². The third kappa shape index (κ3) is 3.08. The number of allylic oxidation sites excluding steroid dienone is 2. The van der Waals surface area contributed by atoms with Gasteiger partial charge in [0.25, 0.3) is 0 Å². The first-order valence-electron chi connectivity index (χ1n) is 8.38. The van der Waals surface area contributed by atoms with Crippen molar-refractivity contribution in [2.45, 2.75) is 19.8 Å². The minimum absolute atomic E-state index is 0.0407. The molecule has 0 radical (unpaired) electrons. The Morgan fingerprint density at radius 3 is 1.80 bits per heavy atom. The first-order valence-corrected chi connectivity index (χ1v) is 10.1. The average Bonchev–Trinajstić information content (AvgIpc) is 2.62. The van der Waals surface area contributed by atoms with E-state index < -0.39 is 7.14 Å². The van der Waals surface area contributed by atoms with Crippen LogP contribution in [-0.2, 0) is 9.36 Å². The fraction of sp³-hybridized carbons (Fsp3) is 0.250. The van der Waals surface area contributed by atoms with Crippen molar-refractivity contribution in [2.24, 2.45) is 0 Å². The molecule has 0 aromatic heterocycles. The van der Waals surface area contributed by atoms with E-state index in [0.29, 0.717) is 12.8 Å². The van der Waals surface area contributed by atoms with Crippen LogP contribution in [0.2, 0.25) is 0 Å². The number of amides is 1. The maximum atomic E-state index is 14.4. The molecular formula is C20H23N2O2P. The molecule has 1 aliphatic rings. The maximum Gasteiger partial charge on any atom is 0.241 e. The van der Waals surface area contributed by atoms with Gasteiger partial charge in [-0.3, -0.25) is 4.79 Å². The van der Waals surface area contributed by atoms with Crippen LogP contribution in [0.5, 0.6) is 0 Å². The van der Waals surface area contributed by atoms with Crippen molar-refractivity contribution in [3.05, 3.63) is 71.7 Å². The Balaban J connectivity index is 2.26. The zero-order chi connectivity index (χ0) is 18.0. The summed E-state index contributed by atoms with van der Waals surface area (Å²) in [6.45, 7) is 1.89. The standard InChI is InChI=1S/C20H23N2O2P/c1-16-19(14-15-20(23)22(16)21(2)3)25(24,17-10-6-4-7-11-17)18-12-8-5-9-13-18/h4-13H,14-15H2,1-3H3. The molecule has 0 unspecified atom stereocenters. The third-order valence-electron chi connectivity index (χ3n) is 4.57. The molecule has 0 saturated carbocycles. The van der Waals surface area contributed by atoms with Crippen LogP contribution in [0, 0.1) is 0 Å². The van der Waals surface area contributed by atoms with E-state index >= 15 is 0 Å². The Kier molecular flexibility index (Phi) is 4.94. The summed E-state index contributed by atoms with van der Waals surface area (Å²) in [7, 11) is 0.667. The second kappa shape index (κ2) is 6.99. The zero-order valence-electron chi connectivity index (χ0n) is 14.8. The van der Waals surface area contributed by atoms with Crippen molar-refractivity contribution in [1.29, 1.82) is 0 Å². The summed E-state index contributed by atoms with van der Waals surface area (Å²) >= 11 is 0. The second-order valence-corrected chi connectivity index (χ2v) is 9.16. The van der Waals surface area contributed by atoms with Gasteiger partial charge in [0.2, 0.25) is 5.91 Å². The minimum Gasteiger partial charge on any atom is -0.309 e. The highest BCUT2D eigenvalue weighted by atomic mass is 31.2. The summed E-state index contributed by atoms with van der Waals surface area (Å²) < 4.78 is 14.4. The Bertz CT molecular complexity index is 801. The van der Waals surface area contributed by atoms with Gasteiger partial charge in [-0.1, -0.05) is 60.7 Å². The Morgan fingerprint density at radius 2 is 1.36 bits per heavy atom. The molecule has 0 aliphatic carbocycles. The topological polar surface area (TPSA) is 40.6 Å². The second-order valence-electron chi connectivity index (χ2n) is 6.37. The van der Waals surface area contributed by atoms with Crippen LogP contribution in [-0.4, -0.2) is 30.0 Å². The smallest absolute Gasteiger partial charge is 0.241 e. The number of carbonyl (C=O) groups excluding carboxylic acids is 1. The molecule has 0 saturated heterocycles. The molecule has 3 rings (SSSR count). The van der Waals surface area contributed by atoms with E-state index in [1.165, 1.54) is 0 Å². The summed E-state index contributed by atoms with van der Waals surface area (Å²) in [5.74, 6) is 0.0407. The first kappa shape index (κ1) is 17.7. The van der Waals surface area contributed by atoms with Crippen molar-refractivity contribution in [2.75, 3.05) is 14.1 Å². The number of rotatable bonds is 4. The molecule has 4 nitrogen and oxygen atoms in total. The van der Waals surface area contributed by atoms with Gasteiger partial charge in [0.1, 0.15) is 0 Å². The lowest BCUT2D eigenvalue weighted by Crippen LogP contribution is -2.43. The minimum atomic E-state index is -3.00. The molecule has 2 aromatic carbocycles. The monoisotopic (exact) mass is 354 g/mol. The number of carbonyl (C=O) groups is 1. The van der Waals surface area contributed by atoms with Gasteiger partial charge in [-0.15, -0.1) is 0 Å². The van der Waals surface area contributed by atoms with Crippen molar-refractivity contribution < 1.29 is 9.36 Å².